The van der Waals surface area contributed by atoms with Crippen molar-refractivity contribution in [2.24, 2.45) is 5.73 Å². The maximum atomic E-state index is 11.9. The molecule has 0 bridgehead atoms. The smallest absolute Gasteiger partial charge is 0.396 e. The number of para-hydroxylation sites is 1. The molecule has 0 unspecified atom stereocenters. The van der Waals surface area contributed by atoms with E-state index in [2.05, 4.69) is 27.7 Å². The third kappa shape index (κ3) is 4.73. The largest absolute Gasteiger partial charge is 0.479 e. The van der Waals surface area contributed by atoms with E-state index < -0.39 is 12.1 Å². The maximum Gasteiger partial charge on any atom is 0.396 e. The zero-order chi connectivity index (χ0) is 15.9. The van der Waals surface area contributed by atoms with E-state index in [-0.39, 0.29) is 5.84 Å². The first-order valence-electron chi connectivity index (χ1n) is 6.63. The third-order valence-electron chi connectivity index (χ3n) is 2.80. The monoisotopic (exact) mass is 411 g/mol. The van der Waals surface area contributed by atoms with Crippen molar-refractivity contribution in [1.82, 2.24) is 0 Å². The molecule has 0 saturated carbocycles. The summed E-state index contributed by atoms with van der Waals surface area (Å²) in [6.45, 7) is 1.61. The molecule has 22 heavy (non-hydrogen) atoms. The molecular weight excluding hydrogens is 395 g/mol. The van der Waals surface area contributed by atoms with E-state index in [1.165, 1.54) is 0 Å². The van der Waals surface area contributed by atoms with Crippen molar-refractivity contribution in [1.29, 1.82) is 0 Å². The van der Waals surface area contributed by atoms with Gasteiger partial charge in [-0.15, -0.1) is 0 Å². The molecule has 5 nitrogen and oxygen atoms in total. The van der Waals surface area contributed by atoms with E-state index in [1.807, 2.05) is 42.5 Å². The number of carbonyl (C=O) groups is 1. The number of hydrogen-bond donors (Lipinski definition) is 2. The Kier molecular flexibility index (Phi) is 5.76. The number of ether oxygens (including phenoxy) is 1. The number of nitrogen functional groups attached to an aromatic ring is 1. The molecule has 0 fully saturated rings. The van der Waals surface area contributed by atoms with Gasteiger partial charge in [0.15, 0.2) is 6.10 Å². The van der Waals surface area contributed by atoms with E-state index in [9.17, 15) is 4.79 Å². The Labute approximate surface area is 142 Å². The summed E-state index contributed by atoms with van der Waals surface area (Å²) in [5, 5.41) is 2.45. The molecule has 2 rings (SSSR count). The first kappa shape index (κ1) is 16.3. The van der Waals surface area contributed by atoms with Crippen LogP contribution >= 0.6 is 22.6 Å². The third-order valence-corrected chi connectivity index (χ3v) is 3.52. The Balaban J connectivity index is 1.93. The molecule has 3 N–H and O–H groups in total. The Morgan fingerprint density at radius 3 is 2.41 bits per heavy atom. The average molecular weight is 411 g/mol. The molecule has 1 atom stereocenters. The van der Waals surface area contributed by atoms with Crippen LogP contribution in [0.15, 0.2) is 54.6 Å². The summed E-state index contributed by atoms with van der Waals surface area (Å²) >= 11 is 2.20. The lowest BCUT2D eigenvalue weighted by Gasteiger charge is -2.10. The minimum atomic E-state index is -0.751. The molecule has 0 aliphatic heterocycles. The predicted octanol–water partition coefficient (Wildman–Crippen LogP) is 1.00. The molecular formula is C16H16IN2O3+. The van der Waals surface area contributed by atoms with Crippen molar-refractivity contribution >= 4 is 34.4 Å². The number of nitrogens with two attached hydrogens (primary N) is 1. The molecule has 0 aromatic heterocycles. The Morgan fingerprint density at radius 1 is 1.14 bits per heavy atom. The SMILES string of the molecule is C[C@H](Oc1ccccc1)C(=O)O[NH+]=C(N)c1ccc(I)cc1. The normalized spacial score (nSPS) is 12.5. The number of benzene rings is 2. The fourth-order valence-electron chi connectivity index (χ4n) is 1.63. The Hall–Kier alpha value is -2.09. The van der Waals surface area contributed by atoms with E-state index >= 15 is 0 Å². The van der Waals surface area contributed by atoms with Gasteiger partial charge in [0.1, 0.15) is 5.75 Å². The highest BCUT2D eigenvalue weighted by molar-refractivity contribution is 14.1. The van der Waals surface area contributed by atoms with Gasteiger partial charge in [0.25, 0.3) is 0 Å². The van der Waals surface area contributed by atoms with Crippen LogP contribution in [-0.2, 0) is 9.63 Å². The molecule has 0 aliphatic carbocycles. The second kappa shape index (κ2) is 7.79. The number of nitrogens with one attached hydrogen (secondary N) is 1. The second-order valence-corrected chi connectivity index (χ2v) is 5.76. The van der Waals surface area contributed by atoms with E-state index in [1.54, 1.807) is 19.1 Å². The van der Waals surface area contributed by atoms with Crippen molar-refractivity contribution in [3.05, 3.63) is 63.7 Å². The van der Waals surface area contributed by atoms with Gasteiger partial charge in [-0.2, -0.15) is 0 Å². The highest BCUT2D eigenvalue weighted by Crippen LogP contribution is 2.10. The molecule has 0 amide bonds. The van der Waals surface area contributed by atoms with Crippen LogP contribution in [0.4, 0.5) is 0 Å². The number of halogens is 1. The maximum absolute atomic E-state index is 11.9. The predicted molar refractivity (Wildman–Crippen MR) is 91.0 cm³/mol. The summed E-state index contributed by atoms with van der Waals surface area (Å²) in [7, 11) is 0. The van der Waals surface area contributed by atoms with Crippen LogP contribution in [0.5, 0.6) is 5.75 Å². The summed E-state index contributed by atoms with van der Waals surface area (Å²) in [5.41, 5.74) is 6.57. The van der Waals surface area contributed by atoms with Crippen LogP contribution in [-0.4, -0.2) is 17.9 Å². The van der Waals surface area contributed by atoms with E-state index in [4.69, 9.17) is 15.3 Å². The number of carbonyl (C=O) groups excluding carboxylic acids is 1. The molecule has 0 heterocycles. The lowest BCUT2D eigenvalue weighted by molar-refractivity contribution is -0.724. The summed E-state index contributed by atoms with van der Waals surface area (Å²) in [5.74, 6) is 0.301. The van der Waals surface area contributed by atoms with Gasteiger partial charge in [-0.05, 0) is 65.9 Å². The van der Waals surface area contributed by atoms with Crippen molar-refractivity contribution in [3.63, 3.8) is 0 Å². The second-order valence-electron chi connectivity index (χ2n) is 4.52. The fourth-order valence-corrected chi connectivity index (χ4v) is 1.99. The minimum absolute atomic E-state index is 0.261. The molecule has 2 aromatic rings. The number of rotatable bonds is 5. The van der Waals surface area contributed by atoms with Crippen LogP contribution in [0.2, 0.25) is 0 Å². The van der Waals surface area contributed by atoms with Gasteiger partial charge in [-0.3, -0.25) is 10.6 Å². The molecule has 114 valence electrons. The molecule has 2 aromatic carbocycles. The highest BCUT2D eigenvalue weighted by Gasteiger charge is 2.18. The van der Waals surface area contributed by atoms with Crippen LogP contribution in [0.1, 0.15) is 12.5 Å². The summed E-state index contributed by atoms with van der Waals surface area (Å²) < 4.78 is 6.56. The quantitative estimate of drug-likeness (QED) is 0.253. The first-order valence-corrected chi connectivity index (χ1v) is 7.71. The molecule has 0 aliphatic rings. The number of hydrogen-bond acceptors (Lipinski definition) is 3. The highest BCUT2D eigenvalue weighted by atomic mass is 127. The van der Waals surface area contributed by atoms with E-state index in [0.717, 1.165) is 9.13 Å². The van der Waals surface area contributed by atoms with Gasteiger partial charge >= 0.3 is 11.8 Å². The van der Waals surface area contributed by atoms with Crippen molar-refractivity contribution in [2.45, 2.75) is 13.0 Å². The molecule has 0 saturated heterocycles. The Morgan fingerprint density at radius 2 is 1.77 bits per heavy atom. The lowest BCUT2D eigenvalue weighted by Crippen LogP contribution is -2.76. The fraction of sp³-hybridized carbons (Fsp3) is 0.125. The van der Waals surface area contributed by atoms with Crippen LogP contribution in [0.3, 0.4) is 0 Å². The lowest BCUT2D eigenvalue weighted by atomic mass is 10.2. The molecule has 0 spiro atoms. The van der Waals surface area contributed by atoms with Gasteiger partial charge in [0.2, 0.25) is 0 Å². The molecule has 0 radical (unpaired) electrons. The topological polar surface area (TPSA) is 75.5 Å². The van der Waals surface area contributed by atoms with Gasteiger partial charge in [-0.25, -0.2) is 4.79 Å². The molecule has 6 heteroatoms. The number of amidine groups is 1. The Bertz CT molecular complexity index is 657. The standard InChI is InChI=1S/C16H15IN2O3/c1-11(21-14-5-3-2-4-6-14)16(20)22-19-15(18)12-7-9-13(17)10-8-12/h2-11H,1H3,(H2,18,19)/p+1/t11-/m0/s1. The summed E-state index contributed by atoms with van der Waals surface area (Å²) in [4.78, 5) is 16.8. The summed E-state index contributed by atoms with van der Waals surface area (Å²) in [6, 6.07) is 16.5. The van der Waals surface area contributed by atoms with Crippen LogP contribution in [0.25, 0.3) is 0 Å². The van der Waals surface area contributed by atoms with Gasteiger partial charge in [0.05, 0.1) is 5.56 Å². The average Bonchev–Trinajstić information content (AvgIpc) is 2.53. The van der Waals surface area contributed by atoms with Crippen molar-refractivity contribution in [2.75, 3.05) is 0 Å². The zero-order valence-electron chi connectivity index (χ0n) is 12.0. The minimum Gasteiger partial charge on any atom is -0.479 e. The van der Waals surface area contributed by atoms with Gasteiger partial charge in [0, 0.05) is 3.57 Å². The van der Waals surface area contributed by atoms with E-state index in [0.29, 0.717) is 5.75 Å². The first-order chi connectivity index (χ1) is 10.6. The van der Waals surface area contributed by atoms with Crippen molar-refractivity contribution in [3.8, 4) is 5.75 Å². The van der Waals surface area contributed by atoms with Crippen LogP contribution < -0.4 is 15.6 Å². The van der Waals surface area contributed by atoms with Gasteiger partial charge < -0.3 is 4.74 Å². The summed E-state index contributed by atoms with van der Waals surface area (Å²) in [6.07, 6.45) is -0.751. The van der Waals surface area contributed by atoms with Crippen molar-refractivity contribution < 1.29 is 19.5 Å². The van der Waals surface area contributed by atoms with Gasteiger partial charge in [-0.1, -0.05) is 23.4 Å². The van der Waals surface area contributed by atoms with Crippen LogP contribution in [0, 0.1) is 3.57 Å². The zero-order valence-corrected chi connectivity index (χ0v) is 14.1.